The number of nitrogens with zero attached hydrogens (tertiary/aromatic N) is 4. The maximum atomic E-state index is 12.8. The van der Waals surface area contributed by atoms with Gasteiger partial charge in [0.25, 0.3) is 0 Å². The van der Waals surface area contributed by atoms with Crippen LogP contribution in [-0.4, -0.2) is 37.2 Å². The summed E-state index contributed by atoms with van der Waals surface area (Å²) in [6.45, 7) is 0.555. The van der Waals surface area contributed by atoms with Crippen molar-refractivity contribution in [3.05, 3.63) is 47.8 Å². The number of rotatable bonds is 4. The van der Waals surface area contributed by atoms with E-state index in [0.717, 1.165) is 23.0 Å². The zero-order chi connectivity index (χ0) is 17.4. The van der Waals surface area contributed by atoms with Crippen molar-refractivity contribution in [2.75, 3.05) is 7.05 Å². The number of aryl methyl sites for hydroxylation is 1. The Morgan fingerprint density at radius 1 is 1.32 bits per heavy atom. The highest BCUT2D eigenvalue weighted by atomic mass is 32.1. The summed E-state index contributed by atoms with van der Waals surface area (Å²) in [6, 6.07) is 9.95. The Balaban J connectivity index is 1.41. The number of carbonyl (C=O) groups excluding carboxylic acids is 1. The van der Waals surface area contributed by atoms with E-state index in [1.165, 1.54) is 17.4 Å². The molecular weight excluding hydrogens is 336 g/mol. The number of amides is 1. The van der Waals surface area contributed by atoms with Gasteiger partial charge in [-0.15, -0.1) is 0 Å². The van der Waals surface area contributed by atoms with Crippen LogP contribution in [0.5, 0.6) is 0 Å². The first-order valence-electron chi connectivity index (χ1n) is 8.20. The van der Waals surface area contributed by atoms with E-state index in [0.29, 0.717) is 6.54 Å². The molecule has 0 bridgehead atoms. The predicted octanol–water partition coefficient (Wildman–Crippen LogP) is 1.60. The topological polar surface area (TPSA) is 75.1 Å². The molecule has 1 fully saturated rings. The van der Waals surface area contributed by atoms with Crippen LogP contribution in [0.25, 0.3) is 11.0 Å². The fourth-order valence-electron chi connectivity index (χ4n) is 3.29. The largest absolute Gasteiger partial charge is 0.353 e. The van der Waals surface area contributed by atoms with Gasteiger partial charge in [-0.05, 0) is 36.2 Å². The fraction of sp³-hybridized carbons (Fsp3) is 0.353. The van der Waals surface area contributed by atoms with Crippen LogP contribution in [0.2, 0.25) is 0 Å². The molecule has 1 aliphatic rings. The summed E-state index contributed by atoms with van der Waals surface area (Å²) in [5.41, 5.74) is 10.4. The number of hydrazine groups is 1. The Kier molecular flexibility index (Phi) is 4.24. The third kappa shape index (κ3) is 3.15. The lowest BCUT2D eigenvalue weighted by Gasteiger charge is -2.21. The molecule has 2 aromatic heterocycles. The van der Waals surface area contributed by atoms with Crippen molar-refractivity contribution in [2.45, 2.75) is 25.0 Å². The number of aromatic nitrogens is 3. The molecule has 3 heterocycles. The number of fused-ring (bicyclic) bond motifs is 1. The van der Waals surface area contributed by atoms with Gasteiger partial charge in [0, 0.05) is 32.5 Å². The Morgan fingerprint density at radius 3 is 2.96 bits per heavy atom. The number of nitrogens with one attached hydrogen (secondary N) is 2. The monoisotopic (exact) mass is 356 g/mol. The van der Waals surface area contributed by atoms with Crippen LogP contribution >= 0.6 is 11.7 Å². The number of hydrogen-bond acceptors (Lipinski definition) is 6. The molecule has 0 saturated carbocycles. The van der Waals surface area contributed by atoms with Crippen LogP contribution in [0, 0.1) is 0 Å². The highest BCUT2D eigenvalue weighted by Crippen LogP contribution is 2.23. The normalized spacial score (nSPS) is 20.2. The first-order chi connectivity index (χ1) is 12.1. The molecule has 130 valence electrons. The third-order valence-electron chi connectivity index (χ3n) is 4.66. The van der Waals surface area contributed by atoms with Gasteiger partial charge in [-0.25, -0.2) is 10.9 Å². The lowest BCUT2D eigenvalue weighted by atomic mass is 10.1. The molecule has 2 N–H and O–H groups in total. The van der Waals surface area contributed by atoms with Gasteiger partial charge in [0.1, 0.15) is 17.1 Å². The van der Waals surface area contributed by atoms with Crippen molar-refractivity contribution in [1.82, 2.24) is 29.1 Å². The van der Waals surface area contributed by atoms with Crippen molar-refractivity contribution >= 4 is 28.7 Å². The molecule has 0 aliphatic carbocycles. The van der Waals surface area contributed by atoms with Crippen molar-refractivity contribution in [3.8, 4) is 0 Å². The van der Waals surface area contributed by atoms with E-state index in [9.17, 15) is 4.79 Å². The molecule has 25 heavy (non-hydrogen) atoms. The molecule has 2 unspecified atom stereocenters. The average molecular weight is 356 g/mol. The molecule has 1 aromatic carbocycles. The fourth-order valence-corrected chi connectivity index (χ4v) is 3.81. The van der Waals surface area contributed by atoms with Crippen molar-refractivity contribution in [3.63, 3.8) is 0 Å². The van der Waals surface area contributed by atoms with Gasteiger partial charge >= 0.3 is 0 Å². The van der Waals surface area contributed by atoms with E-state index in [1.807, 2.05) is 44.6 Å². The van der Waals surface area contributed by atoms with Crippen LogP contribution in [0.15, 0.2) is 36.5 Å². The molecule has 0 radical (unpaired) electrons. The summed E-state index contributed by atoms with van der Waals surface area (Å²) in [5.74, 6) is 0.0840. The first-order valence-corrected chi connectivity index (χ1v) is 8.93. The second-order valence-electron chi connectivity index (χ2n) is 6.46. The summed E-state index contributed by atoms with van der Waals surface area (Å²) in [4.78, 5) is 14.5. The molecule has 2 atom stereocenters. The van der Waals surface area contributed by atoms with Gasteiger partial charge in [-0.1, -0.05) is 6.07 Å². The molecule has 3 aromatic rings. The smallest absolute Gasteiger partial charge is 0.241 e. The van der Waals surface area contributed by atoms with Gasteiger partial charge in [0.15, 0.2) is 0 Å². The summed E-state index contributed by atoms with van der Waals surface area (Å²) < 4.78 is 10.5. The summed E-state index contributed by atoms with van der Waals surface area (Å²) in [5, 5.41) is 0. The molecule has 4 rings (SSSR count). The van der Waals surface area contributed by atoms with E-state index in [1.54, 1.807) is 4.90 Å². The minimum atomic E-state index is -0.227. The van der Waals surface area contributed by atoms with Gasteiger partial charge in [-0.2, -0.15) is 8.75 Å². The van der Waals surface area contributed by atoms with Crippen LogP contribution in [0.3, 0.4) is 0 Å². The van der Waals surface area contributed by atoms with Crippen molar-refractivity contribution < 1.29 is 4.79 Å². The van der Waals surface area contributed by atoms with E-state index in [2.05, 4.69) is 30.2 Å². The second kappa shape index (κ2) is 6.55. The summed E-state index contributed by atoms with van der Waals surface area (Å²) in [6.07, 6.45) is 2.75. The van der Waals surface area contributed by atoms with E-state index in [-0.39, 0.29) is 18.0 Å². The van der Waals surface area contributed by atoms with Gasteiger partial charge in [0.2, 0.25) is 5.91 Å². The SMILES string of the molecule is CN(Cc1ccc2nsnc2c1)C(=O)C1CC(c2cccn2C)NN1. The predicted molar refractivity (Wildman–Crippen MR) is 96.7 cm³/mol. The Hall–Kier alpha value is -2.29. The highest BCUT2D eigenvalue weighted by molar-refractivity contribution is 7.00. The molecule has 7 nitrogen and oxygen atoms in total. The standard InChI is InChI=1S/C17H20N6OS/c1-22-7-3-4-16(22)14-9-15(19-18-14)17(24)23(2)10-11-5-6-12-13(8-11)21-25-20-12/h3-8,14-15,18-19H,9-10H2,1-2H3. The first kappa shape index (κ1) is 16.2. The van der Waals surface area contributed by atoms with Crippen molar-refractivity contribution in [2.24, 2.45) is 7.05 Å². The zero-order valence-electron chi connectivity index (χ0n) is 14.1. The maximum absolute atomic E-state index is 12.8. The average Bonchev–Trinajstić information content (AvgIpc) is 3.33. The summed E-state index contributed by atoms with van der Waals surface area (Å²) in [7, 11) is 3.85. The van der Waals surface area contributed by atoms with Gasteiger partial charge in [-0.3, -0.25) is 4.79 Å². The quantitative estimate of drug-likeness (QED) is 0.743. The minimum absolute atomic E-state index is 0.0840. The molecule has 8 heteroatoms. The molecule has 1 aliphatic heterocycles. The van der Waals surface area contributed by atoms with Gasteiger partial charge in [0.05, 0.1) is 17.8 Å². The maximum Gasteiger partial charge on any atom is 0.241 e. The second-order valence-corrected chi connectivity index (χ2v) is 6.98. The minimum Gasteiger partial charge on any atom is -0.353 e. The van der Waals surface area contributed by atoms with Gasteiger partial charge < -0.3 is 9.47 Å². The van der Waals surface area contributed by atoms with E-state index in [4.69, 9.17) is 0 Å². The van der Waals surface area contributed by atoms with Crippen LogP contribution < -0.4 is 10.9 Å². The molecule has 0 spiro atoms. The van der Waals surface area contributed by atoms with Crippen molar-refractivity contribution in [1.29, 1.82) is 0 Å². The van der Waals surface area contributed by atoms with Crippen LogP contribution in [0.4, 0.5) is 0 Å². The lowest BCUT2D eigenvalue weighted by Crippen LogP contribution is -2.43. The number of hydrogen-bond donors (Lipinski definition) is 2. The van der Waals surface area contributed by atoms with E-state index >= 15 is 0 Å². The Morgan fingerprint density at radius 2 is 2.16 bits per heavy atom. The Bertz CT molecular complexity index is 903. The zero-order valence-corrected chi connectivity index (χ0v) is 15.0. The third-order valence-corrected chi connectivity index (χ3v) is 5.21. The molecule has 1 amide bonds. The number of likely N-dealkylation sites (N-methyl/N-ethyl adjacent to an activating group) is 1. The van der Waals surface area contributed by atoms with Crippen LogP contribution in [0.1, 0.15) is 23.7 Å². The molecule has 1 saturated heterocycles. The Labute approximate surface area is 149 Å². The molecular formula is C17H20N6OS. The number of benzene rings is 1. The number of carbonyl (C=O) groups is 1. The van der Waals surface area contributed by atoms with E-state index < -0.39 is 0 Å². The lowest BCUT2D eigenvalue weighted by molar-refractivity contribution is -0.132. The van der Waals surface area contributed by atoms with Crippen LogP contribution in [-0.2, 0) is 18.4 Å². The highest BCUT2D eigenvalue weighted by Gasteiger charge is 2.32. The summed E-state index contributed by atoms with van der Waals surface area (Å²) >= 11 is 1.21.